The lowest BCUT2D eigenvalue weighted by atomic mass is 10.0. The second-order valence-corrected chi connectivity index (χ2v) is 5.53. The Morgan fingerprint density at radius 3 is 2.68 bits per heavy atom. The molecule has 1 saturated heterocycles. The van der Waals surface area contributed by atoms with E-state index in [1.54, 1.807) is 0 Å². The Morgan fingerprint density at radius 2 is 2.11 bits per heavy atom. The van der Waals surface area contributed by atoms with Crippen LogP contribution < -0.4 is 0 Å². The third kappa shape index (κ3) is 7.53. The molecule has 4 nitrogen and oxygen atoms in total. The SMILES string of the molecule is CCOC(=O)CC(CCC(C)C)OC1CCCCO1. The van der Waals surface area contributed by atoms with Gasteiger partial charge in [0, 0.05) is 6.61 Å². The lowest BCUT2D eigenvalue weighted by molar-refractivity contribution is -0.194. The molecule has 1 aliphatic rings. The van der Waals surface area contributed by atoms with E-state index in [1.807, 2.05) is 6.92 Å². The van der Waals surface area contributed by atoms with Crippen molar-refractivity contribution >= 4 is 5.97 Å². The Kier molecular flexibility index (Phi) is 8.07. The van der Waals surface area contributed by atoms with E-state index in [4.69, 9.17) is 14.2 Å². The molecule has 1 heterocycles. The number of esters is 1. The second-order valence-electron chi connectivity index (χ2n) is 5.53. The molecule has 2 atom stereocenters. The molecule has 0 bridgehead atoms. The van der Waals surface area contributed by atoms with Gasteiger partial charge in [-0.05, 0) is 44.9 Å². The van der Waals surface area contributed by atoms with E-state index in [1.165, 1.54) is 0 Å². The monoisotopic (exact) mass is 272 g/mol. The Morgan fingerprint density at radius 1 is 1.32 bits per heavy atom. The molecule has 19 heavy (non-hydrogen) atoms. The highest BCUT2D eigenvalue weighted by Crippen LogP contribution is 2.20. The lowest BCUT2D eigenvalue weighted by Gasteiger charge is -2.27. The first-order valence-corrected chi connectivity index (χ1v) is 7.54. The maximum absolute atomic E-state index is 11.6. The third-order valence-corrected chi connectivity index (χ3v) is 3.25. The summed E-state index contributed by atoms with van der Waals surface area (Å²) in [6, 6.07) is 0. The first-order chi connectivity index (χ1) is 9.11. The van der Waals surface area contributed by atoms with Gasteiger partial charge in [0.2, 0.25) is 0 Å². The summed E-state index contributed by atoms with van der Waals surface area (Å²) < 4.78 is 16.5. The first kappa shape index (κ1) is 16.4. The molecule has 0 aliphatic carbocycles. The molecular formula is C15H28O4. The summed E-state index contributed by atoms with van der Waals surface area (Å²) >= 11 is 0. The highest BCUT2D eigenvalue weighted by atomic mass is 16.7. The summed E-state index contributed by atoms with van der Waals surface area (Å²) in [6.07, 6.45) is 5.23. The molecular weight excluding hydrogens is 244 g/mol. The summed E-state index contributed by atoms with van der Waals surface area (Å²) in [7, 11) is 0. The minimum atomic E-state index is -0.174. The van der Waals surface area contributed by atoms with Gasteiger partial charge in [-0.15, -0.1) is 0 Å². The van der Waals surface area contributed by atoms with Crippen LogP contribution in [0.3, 0.4) is 0 Å². The smallest absolute Gasteiger partial charge is 0.308 e. The predicted octanol–water partition coefficient (Wildman–Crippen LogP) is 3.29. The molecule has 0 aromatic carbocycles. The Balaban J connectivity index is 2.39. The van der Waals surface area contributed by atoms with Crippen LogP contribution in [0.25, 0.3) is 0 Å². The van der Waals surface area contributed by atoms with Gasteiger partial charge in [-0.1, -0.05) is 13.8 Å². The van der Waals surface area contributed by atoms with Crippen LogP contribution in [0.15, 0.2) is 0 Å². The number of hydrogen-bond acceptors (Lipinski definition) is 4. The number of carbonyl (C=O) groups is 1. The summed E-state index contributed by atoms with van der Waals surface area (Å²) in [6.45, 7) is 7.37. The number of hydrogen-bond donors (Lipinski definition) is 0. The number of ether oxygens (including phenoxy) is 3. The van der Waals surface area contributed by atoms with E-state index in [-0.39, 0.29) is 18.4 Å². The average Bonchev–Trinajstić information content (AvgIpc) is 2.37. The molecule has 0 N–H and O–H groups in total. The van der Waals surface area contributed by atoms with Crippen LogP contribution >= 0.6 is 0 Å². The minimum Gasteiger partial charge on any atom is -0.466 e. The molecule has 2 unspecified atom stereocenters. The second kappa shape index (κ2) is 9.32. The van der Waals surface area contributed by atoms with Gasteiger partial charge in [-0.2, -0.15) is 0 Å². The molecule has 4 heteroatoms. The maximum Gasteiger partial charge on any atom is 0.308 e. The van der Waals surface area contributed by atoms with E-state index in [0.717, 1.165) is 38.7 Å². The number of carbonyl (C=O) groups excluding carboxylic acids is 1. The molecule has 0 radical (unpaired) electrons. The van der Waals surface area contributed by atoms with Gasteiger partial charge in [-0.3, -0.25) is 4.79 Å². The Bertz CT molecular complexity index is 247. The maximum atomic E-state index is 11.6. The molecule has 0 amide bonds. The van der Waals surface area contributed by atoms with Gasteiger partial charge in [0.1, 0.15) is 0 Å². The summed E-state index contributed by atoms with van der Waals surface area (Å²) in [5.74, 6) is 0.438. The fourth-order valence-electron chi connectivity index (χ4n) is 2.18. The lowest BCUT2D eigenvalue weighted by Crippen LogP contribution is -2.30. The Labute approximate surface area is 116 Å². The average molecular weight is 272 g/mol. The van der Waals surface area contributed by atoms with Gasteiger partial charge in [0.25, 0.3) is 0 Å². The minimum absolute atomic E-state index is 0.0791. The van der Waals surface area contributed by atoms with Gasteiger partial charge < -0.3 is 14.2 Å². The normalized spacial score (nSPS) is 21.4. The zero-order chi connectivity index (χ0) is 14.1. The van der Waals surface area contributed by atoms with Crippen LogP contribution in [0.1, 0.15) is 59.3 Å². The molecule has 1 rings (SSSR count). The molecule has 0 aromatic heterocycles. The van der Waals surface area contributed by atoms with Gasteiger partial charge >= 0.3 is 5.97 Å². The van der Waals surface area contributed by atoms with Crippen molar-refractivity contribution in [1.82, 2.24) is 0 Å². The van der Waals surface area contributed by atoms with Crippen molar-refractivity contribution < 1.29 is 19.0 Å². The van der Waals surface area contributed by atoms with Crippen LogP contribution in [-0.4, -0.2) is 31.6 Å². The van der Waals surface area contributed by atoms with E-state index < -0.39 is 0 Å². The van der Waals surface area contributed by atoms with Crippen LogP contribution in [-0.2, 0) is 19.0 Å². The van der Waals surface area contributed by atoms with Crippen molar-refractivity contribution in [2.45, 2.75) is 71.7 Å². The van der Waals surface area contributed by atoms with Gasteiger partial charge in [0.05, 0.1) is 19.1 Å². The third-order valence-electron chi connectivity index (χ3n) is 3.25. The predicted molar refractivity (Wildman–Crippen MR) is 73.8 cm³/mol. The standard InChI is InChI=1S/C15H28O4/c1-4-17-14(16)11-13(9-8-12(2)3)19-15-7-5-6-10-18-15/h12-13,15H,4-11H2,1-3H3. The van der Waals surface area contributed by atoms with Crippen molar-refractivity contribution in [2.75, 3.05) is 13.2 Å². The molecule has 0 aromatic rings. The van der Waals surface area contributed by atoms with E-state index in [2.05, 4.69) is 13.8 Å². The zero-order valence-corrected chi connectivity index (χ0v) is 12.5. The van der Waals surface area contributed by atoms with Crippen molar-refractivity contribution in [1.29, 1.82) is 0 Å². The summed E-state index contributed by atoms with van der Waals surface area (Å²) in [5.41, 5.74) is 0. The quantitative estimate of drug-likeness (QED) is 0.636. The fourth-order valence-corrected chi connectivity index (χ4v) is 2.18. The highest BCUT2D eigenvalue weighted by molar-refractivity contribution is 5.69. The van der Waals surface area contributed by atoms with Crippen LogP contribution in [0.4, 0.5) is 0 Å². The molecule has 1 aliphatic heterocycles. The van der Waals surface area contributed by atoms with Gasteiger partial charge in [-0.25, -0.2) is 0 Å². The van der Waals surface area contributed by atoms with Crippen molar-refractivity contribution in [3.63, 3.8) is 0 Å². The molecule has 1 fully saturated rings. The topological polar surface area (TPSA) is 44.8 Å². The van der Waals surface area contributed by atoms with Crippen LogP contribution in [0, 0.1) is 5.92 Å². The highest BCUT2D eigenvalue weighted by Gasteiger charge is 2.22. The van der Waals surface area contributed by atoms with Crippen molar-refractivity contribution in [3.05, 3.63) is 0 Å². The molecule has 0 spiro atoms. The largest absolute Gasteiger partial charge is 0.466 e. The van der Waals surface area contributed by atoms with E-state index in [0.29, 0.717) is 18.9 Å². The van der Waals surface area contributed by atoms with Crippen LogP contribution in [0.5, 0.6) is 0 Å². The van der Waals surface area contributed by atoms with Crippen LogP contribution in [0.2, 0.25) is 0 Å². The van der Waals surface area contributed by atoms with Gasteiger partial charge in [0.15, 0.2) is 6.29 Å². The first-order valence-electron chi connectivity index (χ1n) is 7.54. The van der Waals surface area contributed by atoms with E-state index >= 15 is 0 Å². The fraction of sp³-hybridized carbons (Fsp3) is 0.933. The Hall–Kier alpha value is -0.610. The van der Waals surface area contributed by atoms with Crippen molar-refractivity contribution in [3.8, 4) is 0 Å². The number of rotatable bonds is 8. The summed E-state index contributed by atoms with van der Waals surface area (Å²) in [5, 5.41) is 0. The van der Waals surface area contributed by atoms with Crippen molar-refractivity contribution in [2.24, 2.45) is 5.92 Å². The molecule has 0 saturated carbocycles. The van der Waals surface area contributed by atoms with E-state index in [9.17, 15) is 4.79 Å². The zero-order valence-electron chi connectivity index (χ0n) is 12.5. The molecule has 112 valence electrons. The summed E-state index contributed by atoms with van der Waals surface area (Å²) in [4.78, 5) is 11.6.